The van der Waals surface area contributed by atoms with Gasteiger partial charge in [0.05, 0.1) is 0 Å². The summed E-state index contributed by atoms with van der Waals surface area (Å²) in [5, 5.41) is 0. The zero-order chi connectivity index (χ0) is 12.5. The monoisotopic (exact) mass is 234 g/mol. The summed E-state index contributed by atoms with van der Waals surface area (Å²) in [6.45, 7) is 7.79. The molecule has 2 heteroatoms. The highest BCUT2D eigenvalue weighted by atomic mass is 15.1. The van der Waals surface area contributed by atoms with Crippen molar-refractivity contribution in [2.24, 2.45) is 5.73 Å². The van der Waals surface area contributed by atoms with Gasteiger partial charge in [-0.05, 0) is 37.9 Å². The highest BCUT2D eigenvalue weighted by Crippen LogP contribution is 2.04. The molecule has 0 spiro atoms. The van der Waals surface area contributed by atoms with Gasteiger partial charge >= 0.3 is 0 Å². The highest BCUT2D eigenvalue weighted by molar-refractivity contribution is 5.15. The predicted molar refractivity (Wildman–Crippen MR) is 75.1 cm³/mol. The van der Waals surface area contributed by atoms with E-state index in [9.17, 15) is 0 Å². The van der Waals surface area contributed by atoms with Gasteiger partial charge in [-0.15, -0.1) is 0 Å². The first kappa shape index (κ1) is 14.2. The average molecular weight is 234 g/mol. The molecule has 17 heavy (non-hydrogen) atoms. The molecule has 1 rings (SSSR count). The zero-order valence-corrected chi connectivity index (χ0v) is 11.2. The maximum Gasteiger partial charge on any atom is 0.0208 e. The lowest BCUT2D eigenvalue weighted by Gasteiger charge is -2.24. The van der Waals surface area contributed by atoms with Gasteiger partial charge in [0.15, 0.2) is 0 Å². The second-order valence-corrected chi connectivity index (χ2v) is 4.75. The normalized spacial score (nSPS) is 12.9. The summed E-state index contributed by atoms with van der Waals surface area (Å²) in [5.74, 6) is 0. The largest absolute Gasteiger partial charge is 0.326 e. The van der Waals surface area contributed by atoms with E-state index in [0.29, 0.717) is 0 Å². The van der Waals surface area contributed by atoms with E-state index in [-0.39, 0.29) is 6.04 Å². The molecule has 2 nitrogen and oxygen atoms in total. The Labute approximate surface area is 106 Å². The SMILES string of the molecule is CCCN(CCC)CC(N)Cc1ccccc1. The molecule has 1 aromatic carbocycles. The fraction of sp³-hybridized carbons (Fsp3) is 0.600. The van der Waals surface area contributed by atoms with Crippen LogP contribution in [0.15, 0.2) is 30.3 Å². The Morgan fingerprint density at radius 3 is 2.18 bits per heavy atom. The Kier molecular flexibility index (Phi) is 6.90. The van der Waals surface area contributed by atoms with E-state index >= 15 is 0 Å². The Balaban J connectivity index is 2.38. The Morgan fingerprint density at radius 1 is 1.06 bits per heavy atom. The van der Waals surface area contributed by atoms with Crippen LogP contribution in [-0.2, 0) is 6.42 Å². The van der Waals surface area contributed by atoms with Crippen LogP contribution in [0.25, 0.3) is 0 Å². The first-order chi connectivity index (χ1) is 8.26. The van der Waals surface area contributed by atoms with Crippen molar-refractivity contribution in [3.8, 4) is 0 Å². The summed E-state index contributed by atoms with van der Waals surface area (Å²) >= 11 is 0. The Morgan fingerprint density at radius 2 is 1.65 bits per heavy atom. The quantitative estimate of drug-likeness (QED) is 0.749. The van der Waals surface area contributed by atoms with E-state index < -0.39 is 0 Å². The molecule has 0 saturated heterocycles. The smallest absolute Gasteiger partial charge is 0.0208 e. The number of nitrogens with two attached hydrogens (primary N) is 1. The minimum absolute atomic E-state index is 0.246. The summed E-state index contributed by atoms with van der Waals surface area (Å²) in [4.78, 5) is 2.48. The summed E-state index contributed by atoms with van der Waals surface area (Å²) in [6, 6.07) is 10.8. The van der Waals surface area contributed by atoms with Gasteiger partial charge in [-0.25, -0.2) is 0 Å². The van der Waals surface area contributed by atoms with E-state index in [1.807, 2.05) is 0 Å². The molecule has 0 aliphatic rings. The molecule has 0 aliphatic carbocycles. The molecule has 2 N–H and O–H groups in total. The first-order valence-electron chi connectivity index (χ1n) is 6.78. The lowest BCUT2D eigenvalue weighted by atomic mass is 10.1. The third-order valence-corrected chi connectivity index (χ3v) is 2.91. The van der Waals surface area contributed by atoms with E-state index in [4.69, 9.17) is 5.73 Å². The van der Waals surface area contributed by atoms with Crippen molar-refractivity contribution < 1.29 is 0 Å². The van der Waals surface area contributed by atoms with Crippen molar-refractivity contribution in [2.45, 2.75) is 39.2 Å². The molecule has 1 unspecified atom stereocenters. The van der Waals surface area contributed by atoms with Gasteiger partial charge in [0.1, 0.15) is 0 Å². The van der Waals surface area contributed by atoms with Gasteiger partial charge in [0.2, 0.25) is 0 Å². The maximum atomic E-state index is 6.23. The zero-order valence-electron chi connectivity index (χ0n) is 11.2. The summed E-state index contributed by atoms with van der Waals surface area (Å²) < 4.78 is 0. The van der Waals surface area contributed by atoms with Crippen molar-refractivity contribution in [1.82, 2.24) is 4.90 Å². The summed E-state index contributed by atoms with van der Waals surface area (Å²) in [7, 11) is 0. The standard InChI is InChI=1S/C15H26N2/c1-3-10-17(11-4-2)13-15(16)12-14-8-6-5-7-9-14/h5-9,15H,3-4,10-13,16H2,1-2H3. The van der Waals surface area contributed by atoms with E-state index in [1.54, 1.807) is 0 Å². The molecule has 0 aromatic heterocycles. The van der Waals surface area contributed by atoms with Crippen molar-refractivity contribution in [3.63, 3.8) is 0 Å². The maximum absolute atomic E-state index is 6.23. The van der Waals surface area contributed by atoms with E-state index in [1.165, 1.54) is 18.4 Å². The third kappa shape index (κ3) is 5.85. The summed E-state index contributed by atoms with van der Waals surface area (Å²) in [5.41, 5.74) is 7.57. The average Bonchev–Trinajstić information content (AvgIpc) is 2.30. The van der Waals surface area contributed by atoms with Crippen LogP contribution >= 0.6 is 0 Å². The second kappa shape index (κ2) is 8.26. The first-order valence-corrected chi connectivity index (χ1v) is 6.78. The fourth-order valence-corrected chi connectivity index (χ4v) is 2.24. The van der Waals surface area contributed by atoms with Crippen molar-refractivity contribution in [1.29, 1.82) is 0 Å². The third-order valence-electron chi connectivity index (χ3n) is 2.91. The lowest BCUT2D eigenvalue weighted by molar-refractivity contribution is 0.257. The minimum Gasteiger partial charge on any atom is -0.326 e. The van der Waals surface area contributed by atoms with Crippen LogP contribution in [0.1, 0.15) is 32.3 Å². The van der Waals surface area contributed by atoms with Gasteiger partial charge in [-0.2, -0.15) is 0 Å². The number of rotatable bonds is 8. The number of hydrogen-bond acceptors (Lipinski definition) is 2. The molecule has 0 radical (unpaired) electrons. The molecular formula is C15H26N2. The molecule has 0 aliphatic heterocycles. The Hall–Kier alpha value is -0.860. The van der Waals surface area contributed by atoms with Crippen LogP contribution in [0.3, 0.4) is 0 Å². The van der Waals surface area contributed by atoms with Crippen molar-refractivity contribution >= 4 is 0 Å². The van der Waals surface area contributed by atoms with Crippen molar-refractivity contribution in [3.05, 3.63) is 35.9 Å². The molecule has 0 saturated carbocycles. The predicted octanol–water partition coefficient (Wildman–Crippen LogP) is 2.68. The van der Waals surface area contributed by atoms with Gasteiger partial charge in [0, 0.05) is 12.6 Å². The van der Waals surface area contributed by atoms with Crippen LogP contribution < -0.4 is 5.73 Å². The molecular weight excluding hydrogens is 208 g/mol. The van der Waals surface area contributed by atoms with Crippen molar-refractivity contribution in [2.75, 3.05) is 19.6 Å². The molecule has 96 valence electrons. The van der Waals surface area contributed by atoms with Crippen LogP contribution in [0, 0.1) is 0 Å². The lowest BCUT2D eigenvalue weighted by Crippen LogP contribution is -2.39. The molecule has 0 heterocycles. The topological polar surface area (TPSA) is 29.3 Å². The van der Waals surface area contributed by atoms with E-state index in [2.05, 4.69) is 49.1 Å². The van der Waals surface area contributed by atoms with Gasteiger partial charge in [0.25, 0.3) is 0 Å². The molecule has 0 amide bonds. The number of hydrogen-bond donors (Lipinski definition) is 1. The van der Waals surface area contributed by atoms with Crippen LogP contribution in [-0.4, -0.2) is 30.6 Å². The van der Waals surface area contributed by atoms with Crippen LogP contribution in [0.2, 0.25) is 0 Å². The molecule has 1 atom stereocenters. The van der Waals surface area contributed by atoms with Crippen LogP contribution in [0.5, 0.6) is 0 Å². The van der Waals surface area contributed by atoms with Gasteiger partial charge in [-0.1, -0.05) is 44.2 Å². The number of nitrogens with zero attached hydrogens (tertiary/aromatic N) is 1. The Bertz CT molecular complexity index is 278. The minimum atomic E-state index is 0.246. The van der Waals surface area contributed by atoms with E-state index in [0.717, 1.165) is 26.1 Å². The van der Waals surface area contributed by atoms with Gasteiger partial charge < -0.3 is 10.6 Å². The molecule has 1 aromatic rings. The number of benzene rings is 1. The van der Waals surface area contributed by atoms with Gasteiger partial charge in [-0.3, -0.25) is 0 Å². The second-order valence-electron chi connectivity index (χ2n) is 4.75. The molecule has 0 fully saturated rings. The highest BCUT2D eigenvalue weighted by Gasteiger charge is 2.09. The fourth-order valence-electron chi connectivity index (χ4n) is 2.24. The summed E-state index contributed by atoms with van der Waals surface area (Å²) in [6.07, 6.45) is 3.39. The van der Waals surface area contributed by atoms with Crippen LogP contribution in [0.4, 0.5) is 0 Å². The molecule has 0 bridgehead atoms.